The van der Waals surface area contributed by atoms with E-state index in [0.717, 1.165) is 0 Å². The summed E-state index contributed by atoms with van der Waals surface area (Å²) in [6.07, 6.45) is 8.41. The second-order valence-corrected chi connectivity index (χ2v) is 7.06. The summed E-state index contributed by atoms with van der Waals surface area (Å²) in [6, 6.07) is 0. The van der Waals surface area contributed by atoms with Gasteiger partial charge in [0.05, 0.1) is 5.41 Å². The summed E-state index contributed by atoms with van der Waals surface area (Å²) < 4.78 is 5.54. The molecule has 4 aliphatic rings. The summed E-state index contributed by atoms with van der Waals surface area (Å²) in [4.78, 5) is 24.5. The highest BCUT2D eigenvalue weighted by Crippen LogP contribution is 2.60. The van der Waals surface area contributed by atoms with Gasteiger partial charge >= 0.3 is 5.97 Å². The summed E-state index contributed by atoms with van der Waals surface area (Å²) in [7, 11) is 0. The molecule has 0 aromatic rings. The van der Waals surface area contributed by atoms with Crippen LogP contribution in [0.25, 0.3) is 0 Å². The fourth-order valence-corrected chi connectivity index (χ4v) is 4.51. The molecule has 4 aliphatic carbocycles. The average molecular weight is 286 g/mol. The number of ether oxygens (including phenoxy) is 1. The molecule has 0 spiro atoms. The van der Waals surface area contributed by atoms with Gasteiger partial charge in [-0.25, -0.2) is 0 Å². The lowest BCUT2D eigenvalue weighted by molar-refractivity contribution is -0.183. The summed E-state index contributed by atoms with van der Waals surface area (Å²) in [5, 5.41) is 0. The van der Waals surface area contributed by atoms with E-state index in [4.69, 9.17) is 4.74 Å². The predicted molar refractivity (Wildman–Crippen MR) is 80.4 cm³/mol. The Bertz CT molecular complexity index is 620. The number of hydrogen-bond acceptors (Lipinski definition) is 3. The van der Waals surface area contributed by atoms with Crippen molar-refractivity contribution >= 4 is 11.8 Å². The number of carbonyl (C=O) groups is 2. The maximum Gasteiger partial charge on any atom is 0.303 e. The molecule has 0 unspecified atom stereocenters. The van der Waals surface area contributed by atoms with Crippen molar-refractivity contribution in [1.82, 2.24) is 0 Å². The average Bonchev–Trinajstić information content (AvgIpc) is 2.81. The second kappa shape index (κ2) is 4.19. The Kier molecular flexibility index (Phi) is 2.85. The fraction of sp³-hybridized carbons (Fsp3) is 0.556. The first-order chi connectivity index (χ1) is 9.71. The number of carbonyl (C=O) groups excluding carboxylic acids is 2. The lowest BCUT2D eigenvalue weighted by atomic mass is 9.49. The van der Waals surface area contributed by atoms with Gasteiger partial charge in [-0.2, -0.15) is 0 Å². The van der Waals surface area contributed by atoms with Crippen molar-refractivity contribution in [2.75, 3.05) is 0 Å². The molecule has 5 atom stereocenters. The van der Waals surface area contributed by atoms with E-state index in [1.165, 1.54) is 18.1 Å². The zero-order valence-electron chi connectivity index (χ0n) is 13.3. The fourth-order valence-electron chi connectivity index (χ4n) is 4.51. The van der Waals surface area contributed by atoms with Gasteiger partial charge in [0.2, 0.25) is 0 Å². The molecule has 3 heteroatoms. The van der Waals surface area contributed by atoms with Crippen LogP contribution < -0.4 is 0 Å². The molecule has 1 fully saturated rings. The smallest absolute Gasteiger partial charge is 0.303 e. The van der Waals surface area contributed by atoms with Crippen LogP contribution in [0, 0.1) is 23.2 Å². The molecule has 2 bridgehead atoms. The molecular formula is C18H22O3. The van der Waals surface area contributed by atoms with Crippen LogP contribution in [0.4, 0.5) is 0 Å². The van der Waals surface area contributed by atoms with Gasteiger partial charge in [-0.1, -0.05) is 29.9 Å². The van der Waals surface area contributed by atoms with E-state index < -0.39 is 17.0 Å². The minimum absolute atomic E-state index is 0.0265. The number of hydrogen-bond donors (Lipinski definition) is 0. The van der Waals surface area contributed by atoms with E-state index >= 15 is 0 Å². The van der Waals surface area contributed by atoms with Crippen molar-refractivity contribution in [2.45, 2.75) is 40.2 Å². The van der Waals surface area contributed by atoms with Gasteiger partial charge in [-0.3, -0.25) is 9.59 Å². The summed E-state index contributed by atoms with van der Waals surface area (Å²) in [5.41, 5.74) is 0.910. The lowest BCUT2D eigenvalue weighted by Crippen LogP contribution is -2.64. The van der Waals surface area contributed by atoms with E-state index in [9.17, 15) is 9.59 Å². The molecule has 21 heavy (non-hydrogen) atoms. The monoisotopic (exact) mass is 286 g/mol. The topological polar surface area (TPSA) is 43.4 Å². The number of allylic oxidation sites excluding steroid dienone is 5. The van der Waals surface area contributed by atoms with Crippen LogP contribution in [0.15, 0.2) is 35.5 Å². The SMILES string of the molecule is CC(=O)O[C@]1(C)C(=O)[C@@]2(C)C=C[C@@H]1[C@@H]1C(=C(C)C)C=C[C@@H]12. The van der Waals surface area contributed by atoms with Crippen LogP contribution >= 0.6 is 0 Å². The first kappa shape index (κ1) is 14.3. The molecule has 0 amide bonds. The van der Waals surface area contributed by atoms with Crippen LogP contribution in [0.2, 0.25) is 0 Å². The normalized spacial score (nSPS) is 43.2. The highest BCUT2D eigenvalue weighted by atomic mass is 16.6. The van der Waals surface area contributed by atoms with Gasteiger partial charge in [-0.15, -0.1) is 0 Å². The molecule has 0 aromatic carbocycles. The summed E-state index contributed by atoms with van der Waals surface area (Å²) >= 11 is 0. The van der Waals surface area contributed by atoms with Gasteiger partial charge in [0, 0.05) is 24.7 Å². The van der Waals surface area contributed by atoms with Gasteiger partial charge in [0.25, 0.3) is 0 Å². The van der Waals surface area contributed by atoms with Crippen LogP contribution in [-0.2, 0) is 14.3 Å². The Morgan fingerprint density at radius 2 is 1.81 bits per heavy atom. The highest BCUT2D eigenvalue weighted by molar-refractivity contribution is 5.98. The third kappa shape index (κ3) is 1.66. The van der Waals surface area contributed by atoms with Crippen molar-refractivity contribution in [1.29, 1.82) is 0 Å². The Hall–Kier alpha value is -1.64. The first-order valence-corrected chi connectivity index (χ1v) is 7.51. The minimum Gasteiger partial charge on any atom is -0.451 e. The highest BCUT2D eigenvalue weighted by Gasteiger charge is 2.65. The first-order valence-electron chi connectivity index (χ1n) is 7.51. The molecule has 112 valence electrons. The molecule has 0 N–H and O–H groups in total. The number of ketones is 1. The van der Waals surface area contributed by atoms with Gasteiger partial charge in [0.1, 0.15) is 0 Å². The van der Waals surface area contributed by atoms with Crippen molar-refractivity contribution in [2.24, 2.45) is 23.2 Å². The maximum absolute atomic E-state index is 13.0. The second-order valence-electron chi connectivity index (χ2n) is 7.06. The lowest BCUT2D eigenvalue weighted by Gasteiger charge is -2.55. The molecule has 1 saturated carbocycles. The molecule has 4 rings (SSSR count). The summed E-state index contributed by atoms with van der Waals surface area (Å²) in [6.45, 7) is 9.32. The number of esters is 1. The molecule has 3 nitrogen and oxygen atoms in total. The quantitative estimate of drug-likeness (QED) is 0.549. The maximum atomic E-state index is 13.0. The van der Waals surface area contributed by atoms with E-state index in [2.05, 4.69) is 32.1 Å². The van der Waals surface area contributed by atoms with Gasteiger partial charge in [0.15, 0.2) is 11.4 Å². The Morgan fingerprint density at radius 3 is 2.38 bits per heavy atom. The molecule has 0 aliphatic heterocycles. The Labute approximate surface area is 125 Å². The third-order valence-electron chi connectivity index (χ3n) is 5.47. The van der Waals surface area contributed by atoms with Crippen LogP contribution in [0.1, 0.15) is 34.6 Å². The molecule has 0 saturated heterocycles. The molecule has 0 aromatic heterocycles. The molecular weight excluding hydrogens is 264 g/mol. The van der Waals surface area contributed by atoms with E-state index in [1.54, 1.807) is 6.92 Å². The molecule has 0 heterocycles. The van der Waals surface area contributed by atoms with E-state index in [1.807, 2.05) is 13.0 Å². The predicted octanol–water partition coefficient (Wildman–Crippen LogP) is 3.22. The Balaban J connectivity index is 2.16. The molecule has 0 radical (unpaired) electrons. The number of fused-ring (bicyclic) bond motifs is 1. The zero-order chi connectivity index (χ0) is 15.6. The zero-order valence-corrected chi connectivity index (χ0v) is 13.3. The van der Waals surface area contributed by atoms with Crippen LogP contribution in [0.3, 0.4) is 0 Å². The number of Topliss-reactive ketones (excluding diaryl/α,β-unsaturated/α-hetero) is 1. The van der Waals surface area contributed by atoms with Crippen molar-refractivity contribution in [3.05, 3.63) is 35.5 Å². The van der Waals surface area contributed by atoms with E-state index in [0.29, 0.717) is 0 Å². The van der Waals surface area contributed by atoms with Crippen molar-refractivity contribution < 1.29 is 14.3 Å². The minimum atomic E-state index is -1.05. The van der Waals surface area contributed by atoms with Crippen molar-refractivity contribution in [3.63, 3.8) is 0 Å². The van der Waals surface area contributed by atoms with Gasteiger partial charge < -0.3 is 4.74 Å². The largest absolute Gasteiger partial charge is 0.451 e. The number of rotatable bonds is 1. The summed E-state index contributed by atoms with van der Waals surface area (Å²) in [5.74, 6) is -0.0449. The van der Waals surface area contributed by atoms with Crippen LogP contribution in [0.5, 0.6) is 0 Å². The van der Waals surface area contributed by atoms with Crippen molar-refractivity contribution in [3.8, 4) is 0 Å². The standard InChI is InChI=1S/C18H22O3/c1-10(2)12-6-7-13-15(12)14-8-9-17(13,4)16(20)18(14,5)21-11(3)19/h6-9,13-15H,1-5H3/t13-,14+,15+,17-,18-/m0/s1. The van der Waals surface area contributed by atoms with Crippen LogP contribution in [-0.4, -0.2) is 17.4 Å². The third-order valence-corrected chi connectivity index (χ3v) is 5.47. The van der Waals surface area contributed by atoms with Gasteiger partial charge in [-0.05, 0) is 33.3 Å². The Morgan fingerprint density at radius 1 is 1.14 bits per heavy atom. The van der Waals surface area contributed by atoms with E-state index in [-0.39, 0.29) is 23.5 Å².